The van der Waals surface area contributed by atoms with Gasteiger partial charge in [0.2, 0.25) is 17.0 Å². The maximum Gasteiger partial charge on any atom is 0.253 e. The Morgan fingerprint density at radius 3 is 2.42 bits per heavy atom. The Kier molecular flexibility index (Phi) is 6.36. The zero-order chi connectivity index (χ0) is 23.5. The molecule has 0 saturated carbocycles. The minimum atomic E-state index is -0.499. The minimum Gasteiger partial charge on any atom is -0.326 e. The summed E-state index contributed by atoms with van der Waals surface area (Å²) < 4.78 is 3.14. The molecule has 2 amide bonds. The van der Waals surface area contributed by atoms with E-state index >= 15 is 0 Å². The van der Waals surface area contributed by atoms with Crippen LogP contribution in [0.4, 0.5) is 11.4 Å². The summed E-state index contributed by atoms with van der Waals surface area (Å²) in [5.41, 5.74) is 3.62. The second kappa shape index (κ2) is 9.36. The van der Waals surface area contributed by atoms with E-state index in [2.05, 4.69) is 35.8 Å². The van der Waals surface area contributed by atoms with Crippen molar-refractivity contribution in [3.05, 3.63) is 53.9 Å². The number of fused-ring (bicyclic) bond motifs is 1. The number of aryl methyl sites for hydroxylation is 2. The first-order chi connectivity index (χ1) is 15.9. The molecule has 1 unspecified atom stereocenters. The van der Waals surface area contributed by atoms with Crippen LogP contribution in [0.15, 0.2) is 42.1 Å². The van der Waals surface area contributed by atoms with Crippen molar-refractivity contribution in [2.75, 3.05) is 16.9 Å². The van der Waals surface area contributed by atoms with Gasteiger partial charge in [-0.25, -0.2) is 19.2 Å². The van der Waals surface area contributed by atoms with Crippen LogP contribution in [0.5, 0.6) is 0 Å². The van der Waals surface area contributed by atoms with Crippen molar-refractivity contribution < 1.29 is 9.59 Å². The molecule has 0 radical (unpaired) electrons. The molecule has 0 saturated heterocycles. The SMILES string of the molecule is CSc1nc2nc(C)c(CC(=O)Nc3ccc(NC(=O)C(C)n4cncn4)cc3)c(C)n2n1. The van der Waals surface area contributed by atoms with Gasteiger partial charge in [-0.1, -0.05) is 11.8 Å². The monoisotopic (exact) mass is 465 g/mol. The van der Waals surface area contributed by atoms with Crippen LogP contribution < -0.4 is 10.6 Å². The summed E-state index contributed by atoms with van der Waals surface area (Å²) >= 11 is 1.44. The molecule has 33 heavy (non-hydrogen) atoms. The second-order valence-corrected chi connectivity index (χ2v) is 8.19. The number of benzene rings is 1. The number of hydrogen-bond acceptors (Lipinski definition) is 8. The van der Waals surface area contributed by atoms with E-state index in [4.69, 9.17) is 0 Å². The van der Waals surface area contributed by atoms with Gasteiger partial charge >= 0.3 is 0 Å². The number of aromatic nitrogens is 7. The third kappa shape index (κ3) is 4.85. The third-order valence-corrected chi connectivity index (χ3v) is 5.74. The number of rotatable bonds is 7. The molecular formula is C21H23N9O2S. The van der Waals surface area contributed by atoms with Crippen LogP contribution >= 0.6 is 11.8 Å². The van der Waals surface area contributed by atoms with Crippen molar-refractivity contribution in [2.45, 2.75) is 38.4 Å². The van der Waals surface area contributed by atoms with Gasteiger partial charge in [0.05, 0.1) is 6.42 Å². The van der Waals surface area contributed by atoms with Gasteiger partial charge < -0.3 is 10.6 Å². The predicted octanol–water partition coefficient (Wildman–Crippen LogP) is 2.44. The topological polar surface area (TPSA) is 132 Å². The van der Waals surface area contributed by atoms with Gasteiger partial charge in [-0.05, 0) is 51.3 Å². The normalized spacial score (nSPS) is 12.0. The molecular weight excluding hydrogens is 442 g/mol. The Balaban J connectivity index is 1.40. The predicted molar refractivity (Wildman–Crippen MR) is 124 cm³/mol. The van der Waals surface area contributed by atoms with E-state index in [1.807, 2.05) is 20.1 Å². The highest BCUT2D eigenvalue weighted by atomic mass is 32.2. The van der Waals surface area contributed by atoms with Gasteiger partial charge in [0.15, 0.2) is 0 Å². The Hall–Kier alpha value is -3.80. The zero-order valence-electron chi connectivity index (χ0n) is 18.6. The third-order valence-electron chi connectivity index (χ3n) is 5.20. The Labute approximate surface area is 194 Å². The minimum absolute atomic E-state index is 0.156. The summed E-state index contributed by atoms with van der Waals surface area (Å²) in [6.07, 6.45) is 4.93. The average molecular weight is 466 g/mol. The fourth-order valence-corrected chi connectivity index (χ4v) is 3.66. The number of nitrogens with one attached hydrogen (secondary N) is 2. The van der Waals surface area contributed by atoms with E-state index in [-0.39, 0.29) is 18.2 Å². The summed E-state index contributed by atoms with van der Waals surface area (Å²) in [5, 5.41) is 14.7. The maximum atomic E-state index is 12.7. The number of amides is 2. The van der Waals surface area contributed by atoms with E-state index in [0.29, 0.717) is 22.3 Å². The molecule has 1 aromatic carbocycles. The number of carbonyl (C=O) groups is 2. The van der Waals surface area contributed by atoms with Crippen molar-refractivity contribution in [3.63, 3.8) is 0 Å². The molecule has 0 bridgehead atoms. The van der Waals surface area contributed by atoms with Crippen molar-refractivity contribution in [3.8, 4) is 0 Å². The van der Waals surface area contributed by atoms with Crippen LogP contribution in [0, 0.1) is 13.8 Å². The van der Waals surface area contributed by atoms with E-state index in [1.165, 1.54) is 29.1 Å². The molecule has 0 fully saturated rings. The number of anilines is 2. The van der Waals surface area contributed by atoms with Crippen LogP contribution in [0.2, 0.25) is 0 Å². The molecule has 170 valence electrons. The molecule has 4 aromatic rings. The lowest BCUT2D eigenvalue weighted by Gasteiger charge is -2.13. The highest BCUT2D eigenvalue weighted by Crippen LogP contribution is 2.19. The highest BCUT2D eigenvalue weighted by Gasteiger charge is 2.17. The van der Waals surface area contributed by atoms with Gasteiger partial charge in [0, 0.05) is 28.3 Å². The molecule has 0 aliphatic carbocycles. The molecule has 0 aliphatic rings. The van der Waals surface area contributed by atoms with Gasteiger partial charge in [-0.2, -0.15) is 10.1 Å². The molecule has 2 N–H and O–H groups in total. The Bertz CT molecular complexity index is 1300. The van der Waals surface area contributed by atoms with Crippen LogP contribution in [0.25, 0.3) is 5.78 Å². The summed E-state index contributed by atoms with van der Waals surface area (Å²) in [6.45, 7) is 5.50. The number of nitrogens with zero attached hydrogens (tertiary/aromatic N) is 7. The van der Waals surface area contributed by atoms with Gasteiger partial charge in [0.25, 0.3) is 5.78 Å². The first-order valence-corrected chi connectivity index (χ1v) is 11.4. The van der Waals surface area contributed by atoms with Crippen LogP contribution in [0.1, 0.15) is 29.9 Å². The molecule has 11 nitrogen and oxygen atoms in total. The summed E-state index contributed by atoms with van der Waals surface area (Å²) in [7, 11) is 0. The van der Waals surface area contributed by atoms with Crippen molar-refractivity contribution in [1.82, 2.24) is 34.3 Å². The molecule has 0 aliphatic heterocycles. The fraction of sp³-hybridized carbons (Fsp3) is 0.286. The lowest BCUT2D eigenvalue weighted by atomic mass is 10.1. The van der Waals surface area contributed by atoms with E-state index in [0.717, 1.165) is 17.0 Å². The van der Waals surface area contributed by atoms with Crippen LogP contribution in [0.3, 0.4) is 0 Å². The first kappa shape index (κ1) is 22.4. The largest absolute Gasteiger partial charge is 0.326 e. The summed E-state index contributed by atoms with van der Waals surface area (Å²) in [4.78, 5) is 37.8. The lowest BCUT2D eigenvalue weighted by Crippen LogP contribution is -2.24. The smallest absolute Gasteiger partial charge is 0.253 e. The standard InChI is InChI=1S/C21H23N9O2S/c1-12-17(13(2)30-20(24-12)27-21(28-30)33-4)9-18(31)25-15-5-7-16(8-6-15)26-19(32)14(3)29-11-22-10-23-29/h5-8,10-11,14H,9H2,1-4H3,(H,25,31)(H,26,32). The lowest BCUT2D eigenvalue weighted by molar-refractivity contribution is -0.119. The zero-order valence-corrected chi connectivity index (χ0v) is 19.4. The van der Waals surface area contributed by atoms with Crippen molar-refractivity contribution in [1.29, 1.82) is 0 Å². The number of thioether (sulfide) groups is 1. The highest BCUT2D eigenvalue weighted by molar-refractivity contribution is 7.98. The molecule has 0 spiro atoms. The summed E-state index contributed by atoms with van der Waals surface area (Å²) in [6, 6.07) is 6.42. The molecule has 3 aromatic heterocycles. The first-order valence-electron chi connectivity index (χ1n) is 10.2. The van der Waals surface area contributed by atoms with Crippen molar-refractivity contribution in [2.24, 2.45) is 0 Å². The molecule has 4 rings (SSSR count). The van der Waals surface area contributed by atoms with E-state index in [9.17, 15) is 9.59 Å². The molecule has 1 atom stereocenters. The van der Waals surface area contributed by atoms with Gasteiger partial charge in [-0.3, -0.25) is 9.59 Å². The van der Waals surface area contributed by atoms with Gasteiger partial charge in [0.1, 0.15) is 18.7 Å². The second-order valence-electron chi connectivity index (χ2n) is 7.41. The van der Waals surface area contributed by atoms with E-state index < -0.39 is 6.04 Å². The van der Waals surface area contributed by atoms with Crippen LogP contribution in [-0.2, 0) is 16.0 Å². The van der Waals surface area contributed by atoms with Gasteiger partial charge in [-0.15, -0.1) is 5.10 Å². The summed E-state index contributed by atoms with van der Waals surface area (Å²) in [5.74, 6) is 0.127. The van der Waals surface area contributed by atoms with Crippen molar-refractivity contribution >= 4 is 40.7 Å². The quantitative estimate of drug-likeness (QED) is 0.398. The van der Waals surface area contributed by atoms with Crippen LogP contribution in [-0.4, -0.2) is 52.4 Å². The molecule has 3 heterocycles. The number of carbonyl (C=O) groups excluding carboxylic acids is 2. The average Bonchev–Trinajstić information content (AvgIpc) is 3.47. The number of hydrogen-bond donors (Lipinski definition) is 2. The Morgan fingerprint density at radius 2 is 1.79 bits per heavy atom. The molecule has 12 heteroatoms. The maximum absolute atomic E-state index is 12.7. The Morgan fingerprint density at radius 1 is 1.09 bits per heavy atom. The fourth-order valence-electron chi connectivity index (χ4n) is 3.32. The van der Waals surface area contributed by atoms with E-state index in [1.54, 1.807) is 35.7 Å².